The molecule has 0 aliphatic carbocycles. The van der Waals surface area contributed by atoms with E-state index in [1.54, 1.807) is 45.1 Å². The van der Waals surface area contributed by atoms with Crippen LogP contribution in [0.15, 0.2) is 31.0 Å². The molecule has 0 aromatic carbocycles. The molecule has 81 heavy (non-hydrogen) atoms. The normalized spacial score (nSPS) is 12.2. The van der Waals surface area contributed by atoms with Crippen LogP contribution < -0.4 is 26.6 Å². The van der Waals surface area contributed by atoms with E-state index in [-0.39, 0.29) is 67.8 Å². The average molecular weight is 1190 g/mol. The molecule has 0 fully saturated rings. The topological polar surface area (TPSA) is 291 Å². The molecule has 0 atom stereocenters. The van der Waals surface area contributed by atoms with Crippen LogP contribution in [0.4, 0.5) is 10.8 Å². The molecule has 1 aliphatic heterocycles. The van der Waals surface area contributed by atoms with Gasteiger partial charge in [0.1, 0.15) is 31.4 Å². The Labute approximate surface area is 494 Å². The van der Waals surface area contributed by atoms with E-state index in [0.717, 1.165) is 55.2 Å². The van der Waals surface area contributed by atoms with Crippen molar-refractivity contribution in [2.45, 2.75) is 191 Å². The standard InChI is InChI=1S/C11H16N2O.C10H15N3O.C10H14N2OS.C9H14N2OS.2C8H13N3OS/c1-5-9(14)8-6-12-10(13-7-8)11(2,3)4;1-7(14)13-8-5-11-9(12-6-8)10(2,3)4;1-10(2,3)9-12-6-4-5-11-8(13)7(6)14-9;1-9(2,3)8-11-5-6(13-8)7(12)10-4;1-8(2,3)7-11-10-6(13-7)5(12)9-4;1-5(12)9-7-11-10-6(13-7)8(2,3)4/h6-7H,5H2,1-4H3;5-6H,1-4H3,(H,13,14);4-5H2,1-3H3,(H,11,13);5H,1-4H3,(H,10,12);1-4H3,(H,9,12);1-4H3,(H,9,11,12). The number of carbonyl (C=O) groups excluding carboxylic acids is 6. The molecule has 0 spiro atoms. The summed E-state index contributed by atoms with van der Waals surface area (Å²) in [4.78, 5) is 93.5. The molecule has 7 rings (SSSR count). The number of amides is 5. The third-order valence-electron chi connectivity index (χ3n) is 10.2. The lowest BCUT2D eigenvalue weighted by molar-refractivity contribution is -0.115. The summed E-state index contributed by atoms with van der Waals surface area (Å²) in [7, 11) is 3.21. The van der Waals surface area contributed by atoms with E-state index in [1.165, 1.54) is 59.2 Å². The Bertz CT molecular complexity index is 2950. The minimum atomic E-state index is -0.173. The second kappa shape index (κ2) is 30.0. The number of carbonyl (C=O) groups is 6. The highest BCUT2D eigenvalue weighted by atomic mass is 32.1. The third-order valence-corrected chi connectivity index (χ3v) is 15.8. The molecule has 25 heteroatoms. The largest absolute Gasteiger partial charge is 0.354 e. The maximum Gasteiger partial charge on any atom is 0.282 e. The second-order valence-electron chi connectivity index (χ2n) is 24.5. The van der Waals surface area contributed by atoms with Gasteiger partial charge in [0.05, 0.1) is 45.6 Å². The number of anilines is 2. The molecule has 5 amide bonds. The molecule has 444 valence electrons. The number of hydrogen-bond acceptors (Lipinski definition) is 20. The number of rotatable bonds is 6. The summed E-state index contributed by atoms with van der Waals surface area (Å²) in [5.41, 5.74) is 2.11. The van der Waals surface area contributed by atoms with Crippen LogP contribution in [-0.4, -0.2) is 106 Å². The molecule has 1 aliphatic rings. The number of Topliss-reactive ketones (excluding diaryl/α,β-unsaturated/α-hetero) is 1. The van der Waals surface area contributed by atoms with Gasteiger partial charge >= 0.3 is 0 Å². The van der Waals surface area contributed by atoms with Gasteiger partial charge in [0.2, 0.25) is 22.0 Å². The minimum Gasteiger partial charge on any atom is -0.354 e. The van der Waals surface area contributed by atoms with Crippen molar-refractivity contribution in [1.29, 1.82) is 0 Å². The lowest BCUT2D eigenvalue weighted by Gasteiger charge is -2.15. The van der Waals surface area contributed by atoms with E-state index >= 15 is 0 Å². The van der Waals surface area contributed by atoms with Gasteiger partial charge in [-0.3, -0.25) is 28.8 Å². The highest BCUT2D eigenvalue weighted by Crippen LogP contribution is 2.32. The fourth-order valence-electron chi connectivity index (χ4n) is 5.74. The van der Waals surface area contributed by atoms with Crippen LogP contribution >= 0.6 is 45.3 Å². The van der Waals surface area contributed by atoms with E-state index < -0.39 is 0 Å². The molecule has 0 saturated heterocycles. The maximum absolute atomic E-state index is 11.5. The quantitative estimate of drug-likeness (QED) is 0.0969. The molecule has 7 heterocycles. The molecule has 21 nitrogen and oxygen atoms in total. The van der Waals surface area contributed by atoms with Gasteiger partial charge in [0.25, 0.3) is 17.7 Å². The number of nitrogens with zero attached hydrogens (tertiary/aromatic N) is 10. The van der Waals surface area contributed by atoms with Crippen molar-refractivity contribution in [3.05, 3.63) is 88.7 Å². The zero-order valence-electron chi connectivity index (χ0n) is 51.6. The van der Waals surface area contributed by atoms with Gasteiger partial charge in [-0.05, 0) is 0 Å². The van der Waals surface area contributed by atoms with E-state index in [1.807, 2.05) is 69.2 Å². The van der Waals surface area contributed by atoms with Crippen LogP contribution in [0, 0.1) is 0 Å². The average Bonchev–Trinajstić information content (AvgIpc) is 4.22. The number of fused-ring (bicyclic) bond motifs is 1. The summed E-state index contributed by atoms with van der Waals surface area (Å²) in [6, 6.07) is 0. The summed E-state index contributed by atoms with van der Waals surface area (Å²) in [5, 5.41) is 33.6. The molecule has 0 unspecified atom stereocenters. The summed E-state index contributed by atoms with van der Waals surface area (Å²) in [6.45, 7) is 42.6. The first-order chi connectivity index (χ1) is 37.1. The lowest BCUT2D eigenvalue weighted by Crippen LogP contribution is -2.30. The summed E-state index contributed by atoms with van der Waals surface area (Å²) >= 11 is 5.73. The predicted octanol–water partition coefficient (Wildman–Crippen LogP) is 10.6. The number of aromatic nitrogens is 10. The monoisotopic (exact) mass is 1190 g/mol. The van der Waals surface area contributed by atoms with Crippen molar-refractivity contribution in [2.24, 2.45) is 0 Å². The molecular weight excluding hydrogens is 1110 g/mol. The van der Waals surface area contributed by atoms with E-state index in [4.69, 9.17) is 0 Å². The molecule has 6 aromatic heterocycles. The zero-order valence-corrected chi connectivity index (χ0v) is 54.8. The van der Waals surface area contributed by atoms with Crippen LogP contribution in [0.1, 0.15) is 229 Å². The molecular formula is C56H85N15O6S4. The fourth-order valence-corrected chi connectivity index (χ4v) is 9.44. The second-order valence-corrected chi connectivity index (χ2v) is 28.5. The number of nitrogens with one attached hydrogen (secondary N) is 5. The van der Waals surface area contributed by atoms with Crippen molar-refractivity contribution >= 4 is 91.5 Å². The Morgan fingerprint density at radius 2 is 1.00 bits per heavy atom. The molecule has 0 bridgehead atoms. The number of ketones is 1. The van der Waals surface area contributed by atoms with Crippen LogP contribution in [0.3, 0.4) is 0 Å². The van der Waals surface area contributed by atoms with Crippen molar-refractivity contribution in [1.82, 2.24) is 66.2 Å². The van der Waals surface area contributed by atoms with Gasteiger partial charge in [0, 0.05) is 92.2 Å². The Morgan fingerprint density at radius 1 is 0.531 bits per heavy atom. The van der Waals surface area contributed by atoms with Gasteiger partial charge in [-0.2, -0.15) is 0 Å². The maximum atomic E-state index is 11.5. The van der Waals surface area contributed by atoms with Gasteiger partial charge < -0.3 is 26.6 Å². The van der Waals surface area contributed by atoms with Crippen molar-refractivity contribution < 1.29 is 28.8 Å². The summed E-state index contributed by atoms with van der Waals surface area (Å²) < 4.78 is 0. The highest BCUT2D eigenvalue weighted by Gasteiger charge is 2.27. The Balaban J connectivity index is 0.000000332. The van der Waals surface area contributed by atoms with Gasteiger partial charge in [0.15, 0.2) is 5.78 Å². The SMILES string of the molecule is CC(=O)Nc1cnc(C(C)(C)C)nc1.CC(=O)Nc1nnc(C(C)(C)C)s1.CC(C)(C)c1nc2c(s1)C(=O)NCC2.CCC(=O)c1cnc(C(C)(C)C)nc1.CNC(=O)c1cnc(C(C)(C)C)s1.CNC(=O)c1nnc(C(C)(C)C)s1. The summed E-state index contributed by atoms with van der Waals surface area (Å²) in [5.74, 6) is 1.20. The number of thiazole rings is 2. The molecule has 6 aromatic rings. The van der Waals surface area contributed by atoms with Crippen LogP contribution in [0.5, 0.6) is 0 Å². The smallest absolute Gasteiger partial charge is 0.282 e. The Morgan fingerprint density at radius 3 is 1.40 bits per heavy atom. The van der Waals surface area contributed by atoms with Crippen LogP contribution in [0.25, 0.3) is 0 Å². The first kappa shape index (κ1) is 70.7. The highest BCUT2D eigenvalue weighted by molar-refractivity contribution is 7.15. The van der Waals surface area contributed by atoms with Crippen LogP contribution in [0.2, 0.25) is 0 Å². The zero-order chi connectivity index (χ0) is 62.1. The first-order valence-corrected chi connectivity index (χ1v) is 29.5. The Kier molecular flexibility index (Phi) is 26.2. The van der Waals surface area contributed by atoms with Gasteiger partial charge in [-0.15, -0.1) is 43.1 Å². The lowest BCUT2D eigenvalue weighted by atomic mass is 9.95. The molecule has 0 radical (unpaired) electrons. The molecule has 0 saturated carbocycles. The summed E-state index contributed by atoms with van der Waals surface area (Å²) in [6.07, 6.45) is 9.46. The van der Waals surface area contributed by atoms with Gasteiger partial charge in [-0.25, -0.2) is 29.9 Å². The first-order valence-electron chi connectivity index (χ1n) is 26.2. The van der Waals surface area contributed by atoms with Crippen molar-refractivity contribution in [3.63, 3.8) is 0 Å². The predicted molar refractivity (Wildman–Crippen MR) is 326 cm³/mol. The minimum absolute atomic E-state index is 0.00557. The van der Waals surface area contributed by atoms with Crippen LogP contribution in [-0.2, 0) is 48.5 Å². The van der Waals surface area contributed by atoms with E-state index in [0.29, 0.717) is 32.7 Å². The van der Waals surface area contributed by atoms with E-state index in [9.17, 15) is 28.8 Å². The fraction of sp³-hybridized carbons (Fsp3) is 0.571. The number of hydrogen-bond donors (Lipinski definition) is 5. The van der Waals surface area contributed by atoms with Gasteiger partial charge in [-0.1, -0.05) is 154 Å². The Hall–Kier alpha value is -6.44. The molecule has 5 N–H and O–H groups in total. The van der Waals surface area contributed by atoms with Crippen molar-refractivity contribution in [3.8, 4) is 0 Å². The van der Waals surface area contributed by atoms with Crippen molar-refractivity contribution in [2.75, 3.05) is 31.3 Å². The van der Waals surface area contributed by atoms with E-state index in [2.05, 4.69) is 139 Å². The third kappa shape index (κ3) is 24.3.